The van der Waals surface area contributed by atoms with Gasteiger partial charge in [-0.2, -0.15) is 0 Å². The van der Waals surface area contributed by atoms with Crippen LogP contribution in [0.3, 0.4) is 0 Å². The SMILES string of the molecule is NC(=S)c1cccnc1N1CCN2CCCC2C1. The van der Waals surface area contributed by atoms with Crippen molar-refractivity contribution in [3.63, 3.8) is 0 Å². The van der Waals surface area contributed by atoms with E-state index in [0.29, 0.717) is 11.0 Å². The lowest BCUT2D eigenvalue weighted by molar-refractivity contribution is 0.230. The number of hydrogen-bond donors (Lipinski definition) is 1. The van der Waals surface area contributed by atoms with Gasteiger partial charge in [-0.25, -0.2) is 4.98 Å². The molecule has 0 radical (unpaired) electrons. The topological polar surface area (TPSA) is 45.4 Å². The standard InChI is InChI=1S/C13H18N4S/c14-12(18)11-4-1-5-15-13(11)17-8-7-16-6-2-3-10(16)9-17/h1,4-5,10H,2-3,6-9H2,(H2,14,18). The summed E-state index contributed by atoms with van der Waals surface area (Å²) in [7, 11) is 0. The molecule has 1 aromatic rings. The van der Waals surface area contributed by atoms with E-state index in [4.69, 9.17) is 18.0 Å². The first-order valence-electron chi connectivity index (χ1n) is 6.49. The molecule has 0 spiro atoms. The maximum absolute atomic E-state index is 5.78. The molecule has 2 saturated heterocycles. The van der Waals surface area contributed by atoms with E-state index < -0.39 is 0 Å². The lowest BCUT2D eigenvalue weighted by Gasteiger charge is -2.38. The Morgan fingerprint density at radius 1 is 1.39 bits per heavy atom. The molecule has 0 bridgehead atoms. The van der Waals surface area contributed by atoms with Crippen molar-refractivity contribution in [3.8, 4) is 0 Å². The van der Waals surface area contributed by atoms with Gasteiger partial charge in [0.05, 0.1) is 5.56 Å². The maximum Gasteiger partial charge on any atom is 0.138 e. The number of piperazine rings is 1. The number of anilines is 1. The predicted molar refractivity (Wildman–Crippen MR) is 76.9 cm³/mol. The average molecular weight is 262 g/mol. The van der Waals surface area contributed by atoms with E-state index in [9.17, 15) is 0 Å². The summed E-state index contributed by atoms with van der Waals surface area (Å²) in [6.07, 6.45) is 4.44. The largest absolute Gasteiger partial charge is 0.389 e. The molecular weight excluding hydrogens is 244 g/mol. The second-order valence-electron chi connectivity index (χ2n) is 5.02. The highest BCUT2D eigenvalue weighted by molar-refractivity contribution is 7.80. The highest BCUT2D eigenvalue weighted by atomic mass is 32.1. The van der Waals surface area contributed by atoms with Gasteiger partial charge < -0.3 is 10.6 Å². The molecule has 2 aliphatic heterocycles. The van der Waals surface area contributed by atoms with E-state index in [1.165, 1.54) is 19.4 Å². The summed E-state index contributed by atoms with van der Waals surface area (Å²) >= 11 is 5.11. The van der Waals surface area contributed by atoms with E-state index in [2.05, 4.69) is 14.8 Å². The Labute approximate surface area is 113 Å². The van der Waals surface area contributed by atoms with Crippen LogP contribution in [-0.4, -0.2) is 47.1 Å². The first-order valence-corrected chi connectivity index (χ1v) is 6.90. The molecule has 3 heterocycles. The van der Waals surface area contributed by atoms with Crippen LogP contribution < -0.4 is 10.6 Å². The smallest absolute Gasteiger partial charge is 0.138 e. The zero-order valence-corrected chi connectivity index (χ0v) is 11.2. The van der Waals surface area contributed by atoms with Gasteiger partial charge in [0.1, 0.15) is 10.8 Å². The minimum absolute atomic E-state index is 0.437. The number of pyridine rings is 1. The Kier molecular flexibility index (Phi) is 3.18. The van der Waals surface area contributed by atoms with Crippen molar-refractivity contribution < 1.29 is 0 Å². The highest BCUT2D eigenvalue weighted by Crippen LogP contribution is 2.26. The minimum atomic E-state index is 0.437. The fourth-order valence-corrected chi connectivity index (χ4v) is 3.18. The first-order chi connectivity index (χ1) is 8.75. The second-order valence-corrected chi connectivity index (χ2v) is 5.46. The molecule has 1 atom stereocenters. The summed E-state index contributed by atoms with van der Waals surface area (Å²) in [5.74, 6) is 0.955. The van der Waals surface area contributed by atoms with Gasteiger partial charge >= 0.3 is 0 Å². The van der Waals surface area contributed by atoms with Crippen molar-refractivity contribution in [1.29, 1.82) is 0 Å². The Morgan fingerprint density at radius 3 is 3.11 bits per heavy atom. The zero-order chi connectivity index (χ0) is 12.5. The molecule has 18 heavy (non-hydrogen) atoms. The van der Waals surface area contributed by atoms with E-state index in [1.54, 1.807) is 0 Å². The molecule has 1 unspecified atom stereocenters. The van der Waals surface area contributed by atoms with Crippen molar-refractivity contribution in [3.05, 3.63) is 23.9 Å². The first kappa shape index (κ1) is 11.9. The van der Waals surface area contributed by atoms with Crippen LogP contribution in [0.4, 0.5) is 5.82 Å². The maximum atomic E-state index is 5.78. The third kappa shape index (κ3) is 2.08. The third-order valence-corrected chi connectivity index (χ3v) is 4.16. The van der Waals surface area contributed by atoms with Gasteiger partial charge in [-0.05, 0) is 31.5 Å². The second kappa shape index (κ2) is 4.82. The number of hydrogen-bond acceptors (Lipinski definition) is 4. The Morgan fingerprint density at radius 2 is 2.28 bits per heavy atom. The van der Waals surface area contributed by atoms with Crippen LogP contribution in [0.2, 0.25) is 0 Å². The molecule has 2 fully saturated rings. The molecule has 0 saturated carbocycles. The van der Waals surface area contributed by atoms with E-state index in [0.717, 1.165) is 31.0 Å². The molecule has 0 aliphatic carbocycles. The van der Waals surface area contributed by atoms with Crippen LogP contribution in [0.25, 0.3) is 0 Å². The monoisotopic (exact) mass is 262 g/mol. The van der Waals surface area contributed by atoms with Gasteiger partial charge in [0.15, 0.2) is 0 Å². The molecule has 5 heteroatoms. The van der Waals surface area contributed by atoms with E-state index in [-0.39, 0.29) is 0 Å². The predicted octanol–water partition coefficient (Wildman–Crippen LogP) is 1.00. The average Bonchev–Trinajstić information content (AvgIpc) is 2.85. The van der Waals surface area contributed by atoms with E-state index >= 15 is 0 Å². The summed E-state index contributed by atoms with van der Waals surface area (Å²) in [5, 5.41) is 0. The summed E-state index contributed by atoms with van der Waals surface area (Å²) in [5.41, 5.74) is 6.68. The highest BCUT2D eigenvalue weighted by Gasteiger charge is 2.31. The fourth-order valence-electron chi connectivity index (χ4n) is 3.02. The lowest BCUT2D eigenvalue weighted by atomic mass is 10.1. The summed E-state index contributed by atoms with van der Waals surface area (Å²) in [6, 6.07) is 4.54. The number of thiocarbonyl (C=S) groups is 1. The molecule has 3 rings (SSSR count). The lowest BCUT2D eigenvalue weighted by Crippen LogP contribution is -2.50. The summed E-state index contributed by atoms with van der Waals surface area (Å²) < 4.78 is 0. The van der Waals surface area contributed by atoms with Crippen LogP contribution in [0.15, 0.2) is 18.3 Å². The molecule has 96 valence electrons. The van der Waals surface area contributed by atoms with Crippen LogP contribution in [-0.2, 0) is 0 Å². The molecule has 0 amide bonds. The van der Waals surface area contributed by atoms with Crippen molar-refractivity contribution in [2.75, 3.05) is 31.1 Å². The number of nitrogens with two attached hydrogens (primary N) is 1. The zero-order valence-electron chi connectivity index (χ0n) is 10.4. The molecule has 2 N–H and O–H groups in total. The van der Waals surface area contributed by atoms with Crippen LogP contribution >= 0.6 is 12.2 Å². The van der Waals surface area contributed by atoms with Crippen molar-refractivity contribution in [1.82, 2.24) is 9.88 Å². The third-order valence-electron chi connectivity index (χ3n) is 3.94. The number of aromatic nitrogens is 1. The number of fused-ring (bicyclic) bond motifs is 1. The number of rotatable bonds is 2. The van der Waals surface area contributed by atoms with Gasteiger partial charge in [0, 0.05) is 31.9 Å². The quantitative estimate of drug-likeness (QED) is 0.806. The van der Waals surface area contributed by atoms with Gasteiger partial charge in [0.2, 0.25) is 0 Å². The van der Waals surface area contributed by atoms with Gasteiger partial charge in [-0.15, -0.1) is 0 Å². The minimum Gasteiger partial charge on any atom is -0.389 e. The number of nitrogens with zero attached hydrogens (tertiary/aromatic N) is 3. The Balaban J connectivity index is 1.85. The fraction of sp³-hybridized carbons (Fsp3) is 0.538. The Bertz CT molecular complexity index is 462. The van der Waals surface area contributed by atoms with Crippen LogP contribution in [0.1, 0.15) is 18.4 Å². The normalized spacial score (nSPS) is 24.0. The van der Waals surface area contributed by atoms with Crippen molar-refractivity contribution in [2.45, 2.75) is 18.9 Å². The molecule has 1 aromatic heterocycles. The van der Waals surface area contributed by atoms with Gasteiger partial charge in [0.25, 0.3) is 0 Å². The van der Waals surface area contributed by atoms with Crippen LogP contribution in [0, 0.1) is 0 Å². The van der Waals surface area contributed by atoms with E-state index in [1.807, 2.05) is 18.3 Å². The van der Waals surface area contributed by atoms with Gasteiger partial charge in [-0.3, -0.25) is 4.90 Å². The van der Waals surface area contributed by atoms with Crippen molar-refractivity contribution >= 4 is 23.0 Å². The van der Waals surface area contributed by atoms with Crippen LogP contribution in [0.5, 0.6) is 0 Å². The summed E-state index contributed by atoms with van der Waals surface area (Å²) in [6.45, 7) is 4.44. The van der Waals surface area contributed by atoms with Gasteiger partial charge in [-0.1, -0.05) is 12.2 Å². The summed E-state index contributed by atoms with van der Waals surface area (Å²) in [4.78, 5) is 9.83. The molecule has 4 nitrogen and oxygen atoms in total. The molecular formula is C13H18N4S. The molecule has 2 aliphatic rings. The Hall–Kier alpha value is -1.20. The molecule has 0 aromatic carbocycles. The van der Waals surface area contributed by atoms with Crippen molar-refractivity contribution in [2.24, 2.45) is 5.73 Å².